The quantitative estimate of drug-likeness (QED) is 0.665. The van der Waals surface area contributed by atoms with E-state index in [1.54, 1.807) is 0 Å². The highest BCUT2D eigenvalue weighted by Gasteiger charge is 1.93. The third-order valence-corrected chi connectivity index (χ3v) is 2.18. The van der Waals surface area contributed by atoms with Gasteiger partial charge in [0.2, 0.25) is 0 Å². The minimum Gasteiger partial charge on any atom is -0.357 e. The van der Waals surface area contributed by atoms with Crippen LogP contribution in [0.3, 0.4) is 0 Å². The number of nitrogens with one attached hydrogen (secondary N) is 1. The highest BCUT2D eigenvalue weighted by atomic mass is 14.9. The van der Waals surface area contributed by atoms with E-state index in [1.807, 2.05) is 0 Å². The number of hydrogen-bond acceptors (Lipinski definition) is 1. The average molecular weight is 180 g/mol. The SMILES string of the molecule is CCCCCNCc1ccn(C)c1. The van der Waals surface area contributed by atoms with Gasteiger partial charge in [0.05, 0.1) is 0 Å². The molecule has 74 valence electrons. The molecule has 0 aliphatic heterocycles. The first-order chi connectivity index (χ1) is 6.33. The van der Waals surface area contributed by atoms with Crippen molar-refractivity contribution < 1.29 is 0 Å². The Balaban J connectivity index is 2.06. The van der Waals surface area contributed by atoms with Crippen molar-refractivity contribution in [2.45, 2.75) is 32.7 Å². The fraction of sp³-hybridized carbons (Fsp3) is 0.636. The molecule has 2 nitrogen and oxygen atoms in total. The van der Waals surface area contributed by atoms with Crippen LogP contribution in [-0.2, 0) is 13.6 Å². The Hall–Kier alpha value is -0.760. The molecule has 0 spiro atoms. The van der Waals surface area contributed by atoms with E-state index >= 15 is 0 Å². The Morgan fingerprint density at radius 2 is 2.23 bits per heavy atom. The van der Waals surface area contributed by atoms with Crippen molar-refractivity contribution in [3.05, 3.63) is 24.0 Å². The number of nitrogens with zero attached hydrogens (tertiary/aromatic N) is 1. The van der Waals surface area contributed by atoms with Gasteiger partial charge in [0.15, 0.2) is 0 Å². The van der Waals surface area contributed by atoms with E-state index in [0.29, 0.717) is 0 Å². The maximum Gasteiger partial charge on any atom is 0.0220 e. The van der Waals surface area contributed by atoms with E-state index in [0.717, 1.165) is 13.1 Å². The summed E-state index contributed by atoms with van der Waals surface area (Å²) in [6.07, 6.45) is 8.17. The van der Waals surface area contributed by atoms with Crippen molar-refractivity contribution in [2.24, 2.45) is 7.05 Å². The van der Waals surface area contributed by atoms with Crippen molar-refractivity contribution >= 4 is 0 Å². The van der Waals surface area contributed by atoms with Crippen molar-refractivity contribution in [2.75, 3.05) is 6.54 Å². The number of rotatable bonds is 6. The van der Waals surface area contributed by atoms with Gasteiger partial charge < -0.3 is 9.88 Å². The van der Waals surface area contributed by atoms with Gasteiger partial charge >= 0.3 is 0 Å². The van der Waals surface area contributed by atoms with E-state index in [9.17, 15) is 0 Å². The van der Waals surface area contributed by atoms with E-state index in [-0.39, 0.29) is 0 Å². The zero-order valence-corrected chi connectivity index (χ0v) is 8.71. The Bertz CT molecular complexity index is 228. The molecule has 0 aliphatic rings. The lowest BCUT2D eigenvalue weighted by Gasteiger charge is -2.01. The second-order valence-corrected chi connectivity index (χ2v) is 3.57. The van der Waals surface area contributed by atoms with Gasteiger partial charge in [-0.15, -0.1) is 0 Å². The third-order valence-electron chi connectivity index (χ3n) is 2.18. The van der Waals surface area contributed by atoms with Crippen molar-refractivity contribution in [1.29, 1.82) is 0 Å². The Labute approximate surface area is 81.0 Å². The standard InChI is InChI=1S/C11H20N2/c1-3-4-5-7-12-9-11-6-8-13(2)10-11/h6,8,10,12H,3-5,7,9H2,1-2H3. The monoisotopic (exact) mass is 180 g/mol. The normalized spacial score (nSPS) is 10.6. The van der Waals surface area contributed by atoms with Gasteiger partial charge in [-0.1, -0.05) is 19.8 Å². The predicted octanol–water partition coefficient (Wildman–Crippen LogP) is 2.30. The van der Waals surface area contributed by atoms with Gasteiger partial charge in [-0.3, -0.25) is 0 Å². The smallest absolute Gasteiger partial charge is 0.0220 e. The zero-order chi connectivity index (χ0) is 9.52. The summed E-state index contributed by atoms with van der Waals surface area (Å²) in [5.74, 6) is 0. The Morgan fingerprint density at radius 1 is 1.38 bits per heavy atom. The zero-order valence-electron chi connectivity index (χ0n) is 8.71. The summed E-state index contributed by atoms with van der Waals surface area (Å²) in [5, 5.41) is 3.44. The van der Waals surface area contributed by atoms with E-state index in [4.69, 9.17) is 0 Å². The molecule has 1 aromatic rings. The maximum atomic E-state index is 3.44. The lowest BCUT2D eigenvalue weighted by atomic mass is 10.2. The minimum absolute atomic E-state index is 1.00. The molecular weight excluding hydrogens is 160 g/mol. The number of aromatic nitrogens is 1. The van der Waals surface area contributed by atoms with Crippen LogP contribution in [0.2, 0.25) is 0 Å². The number of hydrogen-bond donors (Lipinski definition) is 1. The molecule has 1 heterocycles. The van der Waals surface area contributed by atoms with Crippen LogP contribution in [0.4, 0.5) is 0 Å². The van der Waals surface area contributed by atoms with E-state index in [2.05, 4.69) is 42.3 Å². The molecule has 1 aromatic heterocycles. The van der Waals surface area contributed by atoms with Gasteiger partial charge in [0.1, 0.15) is 0 Å². The summed E-state index contributed by atoms with van der Waals surface area (Å²) >= 11 is 0. The molecule has 1 N–H and O–H groups in total. The molecule has 0 aromatic carbocycles. The van der Waals surface area contributed by atoms with Gasteiger partial charge in [0, 0.05) is 26.0 Å². The second-order valence-electron chi connectivity index (χ2n) is 3.57. The van der Waals surface area contributed by atoms with Crippen LogP contribution in [0.25, 0.3) is 0 Å². The summed E-state index contributed by atoms with van der Waals surface area (Å²) < 4.78 is 2.09. The fourth-order valence-corrected chi connectivity index (χ4v) is 1.40. The molecule has 0 bridgehead atoms. The van der Waals surface area contributed by atoms with Crippen molar-refractivity contribution in [3.63, 3.8) is 0 Å². The second kappa shape index (κ2) is 5.81. The molecule has 0 aliphatic carbocycles. The molecule has 0 radical (unpaired) electrons. The summed E-state index contributed by atoms with van der Waals surface area (Å²) in [5.41, 5.74) is 1.37. The summed E-state index contributed by atoms with van der Waals surface area (Å²) in [6.45, 7) is 4.38. The molecule has 0 amide bonds. The molecule has 1 rings (SSSR count). The minimum atomic E-state index is 1.00. The van der Waals surface area contributed by atoms with Crippen LogP contribution in [0.1, 0.15) is 31.7 Å². The molecule has 2 heteroatoms. The van der Waals surface area contributed by atoms with Crippen LogP contribution in [0.5, 0.6) is 0 Å². The summed E-state index contributed by atoms with van der Waals surface area (Å²) in [6, 6.07) is 2.16. The third kappa shape index (κ3) is 4.13. The summed E-state index contributed by atoms with van der Waals surface area (Å²) in [4.78, 5) is 0. The highest BCUT2D eigenvalue weighted by Crippen LogP contribution is 1.98. The van der Waals surface area contributed by atoms with Crippen molar-refractivity contribution in [1.82, 2.24) is 9.88 Å². The van der Waals surface area contributed by atoms with Gasteiger partial charge in [-0.2, -0.15) is 0 Å². The first-order valence-corrected chi connectivity index (χ1v) is 5.14. The van der Waals surface area contributed by atoms with Crippen LogP contribution >= 0.6 is 0 Å². The molecular formula is C11H20N2. The molecule has 0 saturated heterocycles. The molecule has 0 atom stereocenters. The van der Waals surface area contributed by atoms with Crippen LogP contribution in [0, 0.1) is 0 Å². The lowest BCUT2D eigenvalue weighted by molar-refractivity contribution is 0.616. The first-order valence-electron chi connectivity index (χ1n) is 5.14. The largest absolute Gasteiger partial charge is 0.357 e. The van der Waals surface area contributed by atoms with Crippen LogP contribution in [-0.4, -0.2) is 11.1 Å². The highest BCUT2D eigenvalue weighted by molar-refractivity contribution is 5.09. The Kier molecular flexibility index (Phi) is 4.61. The maximum absolute atomic E-state index is 3.44. The molecule has 0 saturated carbocycles. The predicted molar refractivity (Wildman–Crippen MR) is 56.6 cm³/mol. The van der Waals surface area contributed by atoms with Gasteiger partial charge in [-0.05, 0) is 24.6 Å². The fourth-order valence-electron chi connectivity index (χ4n) is 1.40. The number of unbranched alkanes of at least 4 members (excludes halogenated alkanes) is 2. The molecule has 0 fully saturated rings. The van der Waals surface area contributed by atoms with Gasteiger partial charge in [-0.25, -0.2) is 0 Å². The van der Waals surface area contributed by atoms with Crippen LogP contribution in [0.15, 0.2) is 18.5 Å². The number of aryl methyl sites for hydroxylation is 1. The van der Waals surface area contributed by atoms with Crippen LogP contribution < -0.4 is 5.32 Å². The first kappa shape index (κ1) is 10.3. The van der Waals surface area contributed by atoms with E-state index in [1.165, 1.54) is 24.8 Å². The van der Waals surface area contributed by atoms with Crippen molar-refractivity contribution in [3.8, 4) is 0 Å². The Morgan fingerprint density at radius 3 is 2.85 bits per heavy atom. The molecule has 0 unspecified atom stereocenters. The average Bonchev–Trinajstić information content (AvgIpc) is 2.51. The molecule has 13 heavy (non-hydrogen) atoms. The van der Waals surface area contributed by atoms with E-state index < -0.39 is 0 Å². The summed E-state index contributed by atoms with van der Waals surface area (Å²) in [7, 11) is 2.06. The lowest BCUT2D eigenvalue weighted by Crippen LogP contribution is -2.14. The van der Waals surface area contributed by atoms with Gasteiger partial charge in [0.25, 0.3) is 0 Å². The topological polar surface area (TPSA) is 17.0 Å².